The molecule has 7 nitrogen and oxygen atoms in total. The number of nitrogens with one attached hydrogen (secondary N) is 1. The number of anilines is 1. The third kappa shape index (κ3) is 4.77. The van der Waals surface area contributed by atoms with Crippen LogP contribution in [-0.2, 0) is 26.2 Å². The standard InChI is InChI=1S/C22H26FN3O4S/c1-15-5-10-19(11-16(15)2)26-20(27)13-25(31(4,29)30)14-22(26,3)21(28)24-12-17-6-8-18(23)9-7-17/h5-11H,12-14H2,1-4H3,(H,24,28)/t22-/m1/s1. The molecule has 1 heterocycles. The van der Waals surface area contributed by atoms with Crippen LogP contribution in [0.25, 0.3) is 0 Å². The van der Waals surface area contributed by atoms with Crippen LogP contribution in [0.2, 0.25) is 0 Å². The number of halogens is 1. The molecule has 0 saturated carbocycles. The summed E-state index contributed by atoms with van der Waals surface area (Å²) in [6.07, 6.45) is 1.02. The number of hydrogen-bond donors (Lipinski definition) is 1. The van der Waals surface area contributed by atoms with Gasteiger partial charge >= 0.3 is 0 Å². The van der Waals surface area contributed by atoms with Crippen molar-refractivity contribution in [2.75, 3.05) is 24.2 Å². The average Bonchev–Trinajstić information content (AvgIpc) is 2.68. The molecule has 166 valence electrons. The van der Waals surface area contributed by atoms with Crippen LogP contribution >= 0.6 is 0 Å². The van der Waals surface area contributed by atoms with E-state index in [0.29, 0.717) is 11.3 Å². The minimum atomic E-state index is -3.69. The van der Waals surface area contributed by atoms with E-state index in [-0.39, 0.29) is 25.5 Å². The van der Waals surface area contributed by atoms with Crippen molar-refractivity contribution in [3.63, 3.8) is 0 Å². The van der Waals surface area contributed by atoms with Crippen LogP contribution in [-0.4, -0.2) is 49.4 Å². The van der Waals surface area contributed by atoms with Crippen LogP contribution < -0.4 is 10.2 Å². The van der Waals surface area contributed by atoms with Crippen molar-refractivity contribution in [1.29, 1.82) is 0 Å². The molecule has 2 amide bonds. The lowest BCUT2D eigenvalue weighted by molar-refractivity contribution is -0.133. The normalized spacial score (nSPS) is 20.0. The first-order valence-electron chi connectivity index (χ1n) is 9.80. The number of sulfonamides is 1. The molecule has 0 aliphatic carbocycles. The van der Waals surface area contributed by atoms with E-state index in [0.717, 1.165) is 21.7 Å². The molecule has 0 aromatic heterocycles. The summed E-state index contributed by atoms with van der Waals surface area (Å²) in [6.45, 7) is 4.99. The Morgan fingerprint density at radius 3 is 2.35 bits per heavy atom. The molecule has 0 bridgehead atoms. The number of hydrogen-bond acceptors (Lipinski definition) is 4. The Hall–Kier alpha value is -2.78. The molecule has 9 heteroatoms. The summed E-state index contributed by atoms with van der Waals surface area (Å²) in [5, 5.41) is 2.77. The molecule has 1 fully saturated rings. The average molecular weight is 448 g/mol. The van der Waals surface area contributed by atoms with Gasteiger partial charge in [-0.2, -0.15) is 4.31 Å². The highest BCUT2D eigenvalue weighted by Gasteiger charge is 2.50. The number of carbonyl (C=O) groups is 2. The van der Waals surface area contributed by atoms with Crippen LogP contribution in [0.15, 0.2) is 42.5 Å². The summed E-state index contributed by atoms with van der Waals surface area (Å²) in [7, 11) is -3.69. The van der Waals surface area contributed by atoms with Gasteiger partial charge in [0.15, 0.2) is 0 Å². The Morgan fingerprint density at radius 2 is 1.77 bits per heavy atom. The second-order valence-electron chi connectivity index (χ2n) is 8.11. The number of carbonyl (C=O) groups excluding carboxylic acids is 2. The van der Waals surface area contributed by atoms with E-state index in [4.69, 9.17) is 0 Å². The van der Waals surface area contributed by atoms with Gasteiger partial charge in [0, 0.05) is 18.8 Å². The lowest BCUT2D eigenvalue weighted by Crippen LogP contribution is -2.70. The van der Waals surface area contributed by atoms with E-state index in [2.05, 4.69) is 5.32 Å². The number of nitrogens with zero attached hydrogens (tertiary/aromatic N) is 2. The Balaban J connectivity index is 1.97. The maximum Gasteiger partial charge on any atom is 0.247 e. The van der Waals surface area contributed by atoms with Gasteiger partial charge < -0.3 is 5.32 Å². The van der Waals surface area contributed by atoms with E-state index in [1.807, 2.05) is 26.0 Å². The third-order valence-electron chi connectivity index (χ3n) is 5.61. The first-order chi connectivity index (χ1) is 14.4. The molecule has 1 saturated heterocycles. The fourth-order valence-electron chi connectivity index (χ4n) is 3.64. The van der Waals surface area contributed by atoms with E-state index < -0.39 is 27.4 Å². The van der Waals surface area contributed by atoms with Gasteiger partial charge in [-0.1, -0.05) is 18.2 Å². The number of amides is 2. The van der Waals surface area contributed by atoms with Crippen LogP contribution in [0.4, 0.5) is 10.1 Å². The Kier molecular flexibility index (Phi) is 6.20. The van der Waals surface area contributed by atoms with Crippen molar-refractivity contribution in [1.82, 2.24) is 9.62 Å². The quantitative estimate of drug-likeness (QED) is 0.761. The Labute approximate surface area is 181 Å². The van der Waals surface area contributed by atoms with Gasteiger partial charge in [-0.25, -0.2) is 12.8 Å². The van der Waals surface area contributed by atoms with Crippen molar-refractivity contribution >= 4 is 27.5 Å². The fraction of sp³-hybridized carbons (Fsp3) is 0.364. The lowest BCUT2D eigenvalue weighted by Gasteiger charge is -2.46. The summed E-state index contributed by atoms with van der Waals surface area (Å²) in [5.41, 5.74) is 1.72. The van der Waals surface area contributed by atoms with Gasteiger partial charge in [-0.05, 0) is 61.7 Å². The summed E-state index contributed by atoms with van der Waals surface area (Å²) in [5.74, 6) is -1.37. The third-order valence-corrected chi connectivity index (χ3v) is 6.81. The second kappa shape index (κ2) is 8.39. The smallest absolute Gasteiger partial charge is 0.247 e. The zero-order valence-electron chi connectivity index (χ0n) is 18.0. The largest absolute Gasteiger partial charge is 0.350 e. The maximum absolute atomic E-state index is 13.3. The van der Waals surface area contributed by atoms with Gasteiger partial charge in [0.2, 0.25) is 21.8 Å². The molecular weight excluding hydrogens is 421 g/mol. The van der Waals surface area contributed by atoms with Crippen LogP contribution in [0.3, 0.4) is 0 Å². The Morgan fingerprint density at radius 1 is 1.13 bits per heavy atom. The molecule has 0 unspecified atom stereocenters. The molecule has 0 spiro atoms. The van der Waals surface area contributed by atoms with Crippen LogP contribution in [0.1, 0.15) is 23.6 Å². The first kappa shape index (κ1) is 22.9. The minimum Gasteiger partial charge on any atom is -0.350 e. The molecular formula is C22H26FN3O4S. The highest BCUT2D eigenvalue weighted by molar-refractivity contribution is 7.88. The van der Waals surface area contributed by atoms with Gasteiger partial charge in [-0.15, -0.1) is 0 Å². The zero-order valence-corrected chi connectivity index (χ0v) is 18.8. The van der Waals surface area contributed by atoms with Crippen molar-refractivity contribution in [3.8, 4) is 0 Å². The van der Waals surface area contributed by atoms with Crippen molar-refractivity contribution in [2.45, 2.75) is 32.9 Å². The number of aryl methyl sites for hydroxylation is 2. The molecule has 2 aromatic carbocycles. The molecule has 1 atom stereocenters. The number of piperazine rings is 1. The van der Waals surface area contributed by atoms with E-state index in [1.165, 1.54) is 17.0 Å². The van der Waals surface area contributed by atoms with Crippen LogP contribution in [0.5, 0.6) is 0 Å². The maximum atomic E-state index is 13.3. The molecule has 1 N–H and O–H groups in total. The number of rotatable bonds is 5. The summed E-state index contributed by atoms with van der Waals surface area (Å²) < 4.78 is 38.5. The van der Waals surface area contributed by atoms with Gasteiger partial charge in [0.1, 0.15) is 11.4 Å². The second-order valence-corrected chi connectivity index (χ2v) is 10.1. The summed E-state index contributed by atoms with van der Waals surface area (Å²) >= 11 is 0. The minimum absolute atomic E-state index is 0.114. The van der Waals surface area contributed by atoms with Gasteiger partial charge in [0.25, 0.3) is 0 Å². The predicted octanol–water partition coefficient (Wildman–Crippen LogP) is 2.13. The monoisotopic (exact) mass is 447 g/mol. The molecule has 1 aliphatic rings. The SMILES string of the molecule is Cc1ccc(N2C(=O)CN(S(C)(=O)=O)C[C@]2(C)C(=O)NCc2ccc(F)cc2)cc1C. The molecule has 2 aromatic rings. The first-order valence-corrected chi connectivity index (χ1v) is 11.6. The predicted molar refractivity (Wildman–Crippen MR) is 116 cm³/mol. The summed E-state index contributed by atoms with van der Waals surface area (Å²) in [4.78, 5) is 27.8. The van der Waals surface area contributed by atoms with E-state index >= 15 is 0 Å². The summed E-state index contributed by atoms with van der Waals surface area (Å²) in [6, 6.07) is 11.1. The molecule has 0 radical (unpaired) electrons. The van der Waals surface area contributed by atoms with Crippen molar-refractivity contribution in [3.05, 3.63) is 65.0 Å². The van der Waals surface area contributed by atoms with Gasteiger partial charge in [-0.3, -0.25) is 14.5 Å². The highest BCUT2D eigenvalue weighted by atomic mass is 32.2. The Bertz CT molecular complexity index is 1120. The lowest BCUT2D eigenvalue weighted by atomic mass is 9.93. The van der Waals surface area contributed by atoms with E-state index in [9.17, 15) is 22.4 Å². The van der Waals surface area contributed by atoms with Crippen LogP contribution in [0, 0.1) is 19.7 Å². The molecule has 31 heavy (non-hydrogen) atoms. The van der Waals surface area contributed by atoms with Gasteiger partial charge in [0.05, 0.1) is 12.8 Å². The van der Waals surface area contributed by atoms with Crippen molar-refractivity contribution in [2.24, 2.45) is 0 Å². The van der Waals surface area contributed by atoms with Crippen molar-refractivity contribution < 1.29 is 22.4 Å². The van der Waals surface area contributed by atoms with E-state index in [1.54, 1.807) is 25.1 Å². The molecule has 1 aliphatic heterocycles. The topological polar surface area (TPSA) is 86.8 Å². The highest BCUT2D eigenvalue weighted by Crippen LogP contribution is 2.31. The molecule has 3 rings (SSSR count). The fourth-order valence-corrected chi connectivity index (χ4v) is 4.47. The number of benzene rings is 2. The zero-order chi connectivity index (χ0) is 23.0.